The predicted octanol–water partition coefficient (Wildman–Crippen LogP) is 3.56. The second-order valence-corrected chi connectivity index (χ2v) is 7.46. The molecule has 0 aliphatic carbocycles. The highest BCUT2D eigenvalue weighted by atomic mass is 32.2. The highest BCUT2D eigenvalue weighted by Crippen LogP contribution is 2.24. The highest BCUT2D eigenvalue weighted by Gasteiger charge is 2.16. The first-order valence-electron chi connectivity index (χ1n) is 8.09. The Labute approximate surface area is 160 Å². The molecule has 0 radical (unpaired) electrons. The summed E-state index contributed by atoms with van der Waals surface area (Å²) < 4.78 is 1.95. The average molecular weight is 386 g/mol. The van der Waals surface area contributed by atoms with Crippen molar-refractivity contribution in [3.8, 4) is 11.4 Å². The van der Waals surface area contributed by atoms with Gasteiger partial charge in [0.25, 0.3) is 0 Å². The maximum atomic E-state index is 12.3. The number of rotatable bonds is 8. The van der Waals surface area contributed by atoms with Gasteiger partial charge >= 0.3 is 0 Å². The minimum absolute atomic E-state index is 0.00141. The van der Waals surface area contributed by atoms with Crippen LogP contribution in [-0.4, -0.2) is 31.4 Å². The lowest BCUT2D eigenvalue weighted by molar-refractivity contribution is -0.119. The lowest BCUT2D eigenvalue weighted by Crippen LogP contribution is -2.27. The number of pyridine rings is 1. The molecular formula is C18H19N5OS2. The molecule has 6 nitrogen and oxygen atoms in total. The number of aromatic nitrogens is 4. The summed E-state index contributed by atoms with van der Waals surface area (Å²) in [7, 11) is 0. The minimum Gasteiger partial charge on any atom is -0.348 e. The van der Waals surface area contributed by atoms with Crippen LogP contribution < -0.4 is 5.32 Å². The molecule has 8 heteroatoms. The number of hydrogen-bond donors (Lipinski definition) is 1. The molecule has 0 unspecified atom stereocenters. The Kier molecular flexibility index (Phi) is 6.19. The molecule has 1 amide bonds. The fraction of sp³-hybridized carbons (Fsp3) is 0.222. The molecule has 0 aliphatic rings. The zero-order valence-electron chi connectivity index (χ0n) is 14.3. The van der Waals surface area contributed by atoms with Gasteiger partial charge in [0.2, 0.25) is 5.91 Å². The SMILES string of the molecule is C=CCn1c(SCC(=O)N[C@H](C)c2cccs2)nnc1-c1ccncc1. The standard InChI is InChI=1S/C18H19N5OS2/c1-3-10-23-17(14-6-8-19-9-7-14)21-22-18(23)26-12-16(24)20-13(2)15-5-4-11-25-15/h3-9,11,13H,1,10,12H2,2H3,(H,20,24)/t13-/m1/s1. The molecule has 0 saturated carbocycles. The van der Waals surface area contributed by atoms with Crippen LogP contribution in [0.2, 0.25) is 0 Å². The van der Waals surface area contributed by atoms with E-state index in [0.29, 0.717) is 11.7 Å². The van der Waals surface area contributed by atoms with Crippen molar-refractivity contribution in [3.05, 3.63) is 59.6 Å². The van der Waals surface area contributed by atoms with E-state index in [1.54, 1.807) is 29.8 Å². The van der Waals surface area contributed by atoms with Crippen molar-refractivity contribution in [1.29, 1.82) is 0 Å². The Morgan fingerprint density at radius 2 is 2.19 bits per heavy atom. The summed E-state index contributed by atoms with van der Waals surface area (Å²) in [5.74, 6) is 0.984. The van der Waals surface area contributed by atoms with Gasteiger partial charge in [0.15, 0.2) is 11.0 Å². The van der Waals surface area contributed by atoms with E-state index in [9.17, 15) is 4.79 Å². The molecule has 3 aromatic heterocycles. The average Bonchev–Trinajstić information content (AvgIpc) is 3.31. The molecular weight excluding hydrogens is 366 g/mol. The van der Waals surface area contributed by atoms with Gasteiger partial charge < -0.3 is 5.32 Å². The number of thioether (sulfide) groups is 1. The Balaban J connectivity index is 1.67. The van der Waals surface area contributed by atoms with Crippen LogP contribution in [0.4, 0.5) is 0 Å². The van der Waals surface area contributed by atoms with E-state index in [1.807, 2.05) is 41.1 Å². The van der Waals surface area contributed by atoms with E-state index >= 15 is 0 Å². The van der Waals surface area contributed by atoms with Crippen molar-refractivity contribution >= 4 is 29.0 Å². The predicted molar refractivity (Wildman–Crippen MR) is 105 cm³/mol. The van der Waals surface area contributed by atoms with Gasteiger partial charge in [-0.25, -0.2) is 0 Å². The molecule has 0 aromatic carbocycles. The largest absolute Gasteiger partial charge is 0.348 e. The van der Waals surface area contributed by atoms with Gasteiger partial charge in [-0.3, -0.25) is 14.3 Å². The molecule has 0 bridgehead atoms. The maximum absolute atomic E-state index is 12.3. The topological polar surface area (TPSA) is 72.7 Å². The molecule has 134 valence electrons. The van der Waals surface area contributed by atoms with Crippen molar-refractivity contribution in [1.82, 2.24) is 25.1 Å². The third kappa shape index (κ3) is 4.39. The van der Waals surface area contributed by atoms with Crippen molar-refractivity contribution in [2.75, 3.05) is 5.75 Å². The number of allylic oxidation sites excluding steroid dienone is 1. The molecule has 3 heterocycles. The summed E-state index contributed by atoms with van der Waals surface area (Å²) in [5.41, 5.74) is 0.928. The van der Waals surface area contributed by atoms with E-state index in [-0.39, 0.29) is 17.7 Å². The van der Waals surface area contributed by atoms with E-state index in [2.05, 4.69) is 27.1 Å². The fourth-order valence-electron chi connectivity index (χ4n) is 2.43. The summed E-state index contributed by atoms with van der Waals surface area (Å²) in [5, 5.41) is 14.2. The van der Waals surface area contributed by atoms with Gasteiger partial charge in [0.1, 0.15) is 0 Å². The lowest BCUT2D eigenvalue weighted by Gasteiger charge is -2.12. The van der Waals surface area contributed by atoms with Gasteiger partial charge in [-0.1, -0.05) is 23.9 Å². The summed E-state index contributed by atoms with van der Waals surface area (Å²) in [6.45, 7) is 6.35. The first-order valence-corrected chi connectivity index (χ1v) is 9.95. The molecule has 3 rings (SSSR count). The van der Waals surface area contributed by atoms with Crippen molar-refractivity contribution in [2.45, 2.75) is 24.7 Å². The lowest BCUT2D eigenvalue weighted by atomic mass is 10.2. The van der Waals surface area contributed by atoms with Crippen LogP contribution in [-0.2, 0) is 11.3 Å². The number of carbonyl (C=O) groups is 1. The van der Waals surface area contributed by atoms with Crippen LogP contribution in [0.25, 0.3) is 11.4 Å². The van der Waals surface area contributed by atoms with Gasteiger partial charge in [-0.15, -0.1) is 28.1 Å². The summed E-state index contributed by atoms with van der Waals surface area (Å²) in [6.07, 6.45) is 5.22. The summed E-state index contributed by atoms with van der Waals surface area (Å²) in [4.78, 5) is 17.4. The molecule has 26 heavy (non-hydrogen) atoms. The smallest absolute Gasteiger partial charge is 0.230 e. The Hall–Kier alpha value is -2.45. The van der Waals surface area contributed by atoms with Crippen molar-refractivity contribution in [2.24, 2.45) is 0 Å². The van der Waals surface area contributed by atoms with Gasteiger partial charge in [0, 0.05) is 29.4 Å². The van der Waals surface area contributed by atoms with Gasteiger partial charge in [-0.05, 0) is 30.5 Å². The first kappa shape index (κ1) is 18.3. The van der Waals surface area contributed by atoms with Crippen LogP contribution in [0, 0.1) is 0 Å². The van der Waals surface area contributed by atoms with E-state index < -0.39 is 0 Å². The van der Waals surface area contributed by atoms with Crippen LogP contribution in [0.3, 0.4) is 0 Å². The molecule has 1 N–H and O–H groups in total. The number of carbonyl (C=O) groups excluding carboxylic acids is 1. The number of nitrogens with zero attached hydrogens (tertiary/aromatic N) is 4. The van der Waals surface area contributed by atoms with Crippen LogP contribution >= 0.6 is 23.1 Å². The monoisotopic (exact) mass is 385 g/mol. The Morgan fingerprint density at radius 1 is 1.38 bits per heavy atom. The number of nitrogens with one attached hydrogen (secondary N) is 1. The second-order valence-electron chi connectivity index (χ2n) is 5.53. The molecule has 1 atom stereocenters. The molecule has 0 spiro atoms. The third-order valence-electron chi connectivity index (χ3n) is 3.65. The van der Waals surface area contributed by atoms with Crippen LogP contribution in [0.15, 0.2) is 59.9 Å². The zero-order valence-corrected chi connectivity index (χ0v) is 16.0. The Morgan fingerprint density at radius 3 is 2.88 bits per heavy atom. The van der Waals surface area contributed by atoms with Crippen molar-refractivity contribution < 1.29 is 4.79 Å². The van der Waals surface area contributed by atoms with E-state index in [4.69, 9.17) is 0 Å². The Bertz CT molecular complexity index is 861. The summed E-state index contributed by atoms with van der Waals surface area (Å²) >= 11 is 3.00. The van der Waals surface area contributed by atoms with Crippen molar-refractivity contribution in [3.63, 3.8) is 0 Å². The zero-order chi connectivity index (χ0) is 18.4. The molecule has 3 aromatic rings. The van der Waals surface area contributed by atoms with E-state index in [1.165, 1.54) is 11.8 Å². The first-order chi connectivity index (χ1) is 12.7. The number of hydrogen-bond acceptors (Lipinski definition) is 6. The minimum atomic E-state index is -0.0329. The van der Waals surface area contributed by atoms with Crippen LogP contribution in [0.5, 0.6) is 0 Å². The second kappa shape index (κ2) is 8.77. The maximum Gasteiger partial charge on any atom is 0.230 e. The molecule has 0 fully saturated rings. The number of amides is 1. The van der Waals surface area contributed by atoms with E-state index in [0.717, 1.165) is 16.3 Å². The summed E-state index contributed by atoms with van der Waals surface area (Å²) in [6, 6.07) is 7.77. The fourth-order valence-corrected chi connectivity index (χ4v) is 3.92. The van der Waals surface area contributed by atoms with Crippen LogP contribution in [0.1, 0.15) is 17.8 Å². The number of thiophene rings is 1. The highest BCUT2D eigenvalue weighted by molar-refractivity contribution is 7.99. The molecule has 0 saturated heterocycles. The quantitative estimate of drug-likeness (QED) is 0.474. The normalized spacial score (nSPS) is 11.9. The van der Waals surface area contributed by atoms with Gasteiger partial charge in [0.05, 0.1) is 11.8 Å². The third-order valence-corrected chi connectivity index (χ3v) is 5.67. The molecule has 0 aliphatic heterocycles. The van der Waals surface area contributed by atoms with Gasteiger partial charge in [-0.2, -0.15) is 0 Å².